The minimum absolute atomic E-state index is 0.00329. The summed E-state index contributed by atoms with van der Waals surface area (Å²) in [5.74, 6) is 0.454. The number of anilines is 1. The average molecular weight is 314 g/mol. The second-order valence-corrected chi connectivity index (χ2v) is 6.04. The lowest BCUT2D eigenvalue weighted by molar-refractivity contribution is 0.415. The van der Waals surface area contributed by atoms with Gasteiger partial charge in [0.05, 0.1) is 22.7 Å². The minimum atomic E-state index is -3.73. The molecule has 0 spiro atoms. The number of benzene rings is 2. The Morgan fingerprint density at radius 3 is 2.35 bits per heavy atom. The van der Waals surface area contributed by atoms with Crippen molar-refractivity contribution in [1.29, 1.82) is 0 Å². The highest BCUT2D eigenvalue weighted by Gasteiger charge is 2.14. The third kappa shape index (κ3) is 3.15. The van der Waals surface area contributed by atoms with E-state index in [1.807, 2.05) is 0 Å². The number of hydrogen-bond acceptors (Lipinski definition) is 4. The Morgan fingerprint density at radius 1 is 1.15 bits per heavy atom. The van der Waals surface area contributed by atoms with Crippen LogP contribution < -0.4 is 9.46 Å². The third-order valence-electron chi connectivity index (χ3n) is 2.55. The van der Waals surface area contributed by atoms with Crippen LogP contribution in [0.4, 0.5) is 5.69 Å². The van der Waals surface area contributed by atoms with Crippen molar-refractivity contribution in [3.63, 3.8) is 0 Å². The highest BCUT2D eigenvalue weighted by atomic mass is 35.5. The first-order chi connectivity index (χ1) is 9.42. The lowest BCUT2D eigenvalue weighted by atomic mass is 10.3. The van der Waals surface area contributed by atoms with E-state index in [1.165, 1.54) is 37.4 Å². The Labute approximate surface area is 121 Å². The zero-order valence-corrected chi connectivity index (χ0v) is 12.1. The van der Waals surface area contributed by atoms with Gasteiger partial charge in [-0.1, -0.05) is 11.6 Å². The van der Waals surface area contributed by atoms with Crippen LogP contribution in [0.25, 0.3) is 0 Å². The number of methoxy groups -OCH3 is 1. The van der Waals surface area contributed by atoms with E-state index in [0.29, 0.717) is 16.5 Å². The first-order valence-corrected chi connectivity index (χ1v) is 7.44. The molecule has 2 aromatic carbocycles. The number of phenols is 1. The summed E-state index contributed by atoms with van der Waals surface area (Å²) in [5, 5.41) is 9.46. The fourth-order valence-corrected chi connectivity index (χ4v) is 2.88. The van der Waals surface area contributed by atoms with E-state index in [4.69, 9.17) is 21.4 Å². The molecule has 2 N–H and O–H groups in total. The minimum Gasteiger partial charge on any atom is -0.508 e. The molecule has 0 fully saturated rings. The third-order valence-corrected chi connectivity index (χ3v) is 4.24. The van der Waals surface area contributed by atoms with E-state index in [9.17, 15) is 8.42 Å². The van der Waals surface area contributed by atoms with E-state index in [1.54, 1.807) is 12.1 Å². The molecule has 0 radical (unpaired) electrons. The fourth-order valence-electron chi connectivity index (χ4n) is 1.57. The molecular weight excluding hydrogens is 302 g/mol. The Bertz CT molecular complexity index is 714. The highest BCUT2D eigenvalue weighted by Crippen LogP contribution is 2.28. The van der Waals surface area contributed by atoms with E-state index in [2.05, 4.69) is 4.72 Å². The van der Waals surface area contributed by atoms with Crippen LogP contribution in [0.5, 0.6) is 11.5 Å². The number of ether oxygens (including phenoxy) is 1. The molecule has 106 valence electrons. The monoisotopic (exact) mass is 313 g/mol. The molecule has 0 saturated heterocycles. The van der Waals surface area contributed by atoms with Crippen molar-refractivity contribution < 1.29 is 18.3 Å². The van der Waals surface area contributed by atoms with Gasteiger partial charge in [0.1, 0.15) is 11.5 Å². The maximum atomic E-state index is 12.1. The Kier molecular flexibility index (Phi) is 4.06. The standard InChI is InChI=1S/C13H12ClNO4S/c1-19-13-7-2-9(8-12(13)14)15-20(17,18)11-5-3-10(16)4-6-11/h2-8,15-16H,1H3. The predicted molar refractivity (Wildman–Crippen MR) is 76.9 cm³/mol. The van der Waals surface area contributed by atoms with Gasteiger partial charge >= 0.3 is 0 Å². The quantitative estimate of drug-likeness (QED) is 0.910. The number of nitrogens with one attached hydrogen (secondary N) is 1. The summed E-state index contributed by atoms with van der Waals surface area (Å²) in [5.41, 5.74) is 0.323. The molecule has 0 aromatic heterocycles. The molecule has 0 heterocycles. The van der Waals surface area contributed by atoms with Crippen molar-refractivity contribution in [3.8, 4) is 11.5 Å². The first kappa shape index (κ1) is 14.5. The zero-order valence-electron chi connectivity index (χ0n) is 10.5. The summed E-state index contributed by atoms with van der Waals surface area (Å²) in [6.45, 7) is 0. The van der Waals surface area contributed by atoms with E-state index < -0.39 is 10.0 Å². The molecule has 0 saturated carbocycles. The van der Waals surface area contributed by atoms with Gasteiger partial charge < -0.3 is 9.84 Å². The van der Waals surface area contributed by atoms with Gasteiger partial charge in [-0.25, -0.2) is 8.42 Å². The molecule has 2 aromatic rings. The highest BCUT2D eigenvalue weighted by molar-refractivity contribution is 7.92. The molecule has 20 heavy (non-hydrogen) atoms. The van der Waals surface area contributed by atoms with Gasteiger partial charge in [-0.3, -0.25) is 4.72 Å². The van der Waals surface area contributed by atoms with E-state index in [0.717, 1.165) is 0 Å². The number of sulfonamides is 1. The molecule has 0 amide bonds. The van der Waals surface area contributed by atoms with Crippen LogP contribution in [-0.4, -0.2) is 20.6 Å². The number of hydrogen-bond donors (Lipinski definition) is 2. The van der Waals surface area contributed by atoms with Crippen LogP contribution in [0.15, 0.2) is 47.4 Å². The van der Waals surface area contributed by atoms with E-state index >= 15 is 0 Å². The molecular formula is C13H12ClNO4S. The van der Waals surface area contributed by atoms with Crippen molar-refractivity contribution in [2.75, 3.05) is 11.8 Å². The van der Waals surface area contributed by atoms with Crippen LogP contribution in [0, 0.1) is 0 Å². The normalized spacial score (nSPS) is 11.1. The largest absolute Gasteiger partial charge is 0.508 e. The lowest BCUT2D eigenvalue weighted by Gasteiger charge is -2.10. The maximum Gasteiger partial charge on any atom is 0.261 e. The molecule has 0 unspecified atom stereocenters. The fraction of sp³-hybridized carbons (Fsp3) is 0.0769. The summed E-state index contributed by atoms with van der Waals surface area (Å²) in [4.78, 5) is 0.0437. The average Bonchev–Trinajstić information content (AvgIpc) is 2.39. The molecule has 0 aliphatic heterocycles. The zero-order chi connectivity index (χ0) is 14.8. The van der Waals surface area contributed by atoms with Crippen molar-refractivity contribution in [3.05, 3.63) is 47.5 Å². The number of halogens is 1. The van der Waals surface area contributed by atoms with Gasteiger partial charge in [0.25, 0.3) is 10.0 Å². The summed E-state index contributed by atoms with van der Waals surface area (Å²) in [6, 6.07) is 9.79. The van der Waals surface area contributed by atoms with Crippen LogP contribution in [0.2, 0.25) is 5.02 Å². The summed E-state index contributed by atoms with van der Waals surface area (Å²) >= 11 is 5.93. The molecule has 0 aliphatic rings. The molecule has 2 rings (SSSR count). The number of phenolic OH excluding ortho intramolecular Hbond substituents is 1. The first-order valence-electron chi connectivity index (χ1n) is 5.58. The number of rotatable bonds is 4. The van der Waals surface area contributed by atoms with Crippen LogP contribution in [-0.2, 0) is 10.0 Å². The van der Waals surface area contributed by atoms with Crippen LogP contribution >= 0.6 is 11.6 Å². The Morgan fingerprint density at radius 2 is 1.80 bits per heavy atom. The van der Waals surface area contributed by atoms with Gasteiger partial charge in [-0.05, 0) is 42.5 Å². The Balaban J connectivity index is 2.28. The maximum absolute atomic E-state index is 12.1. The molecule has 0 bridgehead atoms. The van der Waals surface area contributed by atoms with Crippen molar-refractivity contribution in [2.45, 2.75) is 4.90 Å². The Hall–Kier alpha value is -1.92. The molecule has 7 heteroatoms. The summed E-state index contributed by atoms with van der Waals surface area (Å²) in [6.07, 6.45) is 0. The molecule has 5 nitrogen and oxygen atoms in total. The van der Waals surface area contributed by atoms with Gasteiger partial charge in [0.15, 0.2) is 0 Å². The van der Waals surface area contributed by atoms with Crippen molar-refractivity contribution in [2.24, 2.45) is 0 Å². The molecule has 0 aliphatic carbocycles. The smallest absolute Gasteiger partial charge is 0.261 e. The van der Waals surface area contributed by atoms with Gasteiger partial charge in [0.2, 0.25) is 0 Å². The predicted octanol–water partition coefficient (Wildman–Crippen LogP) is 2.86. The topological polar surface area (TPSA) is 75.6 Å². The van der Waals surface area contributed by atoms with Crippen molar-refractivity contribution in [1.82, 2.24) is 0 Å². The van der Waals surface area contributed by atoms with Crippen LogP contribution in [0.3, 0.4) is 0 Å². The lowest BCUT2D eigenvalue weighted by Crippen LogP contribution is -2.12. The summed E-state index contributed by atoms with van der Waals surface area (Å²) in [7, 11) is -2.25. The van der Waals surface area contributed by atoms with Crippen LogP contribution in [0.1, 0.15) is 0 Å². The van der Waals surface area contributed by atoms with Crippen molar-refractivity contribution >= 4 is 27.3 Å². The number of aromatic hydroxyl groups is 1. The SMILES string of the molecule is COc1ccc(NS(=O)(=O)c2ccc(O)cc2)cc1Cl. The summed E-state index contributed by atoms with van der Waals surface area (Å²) < 4.78 is 31.6. The van der Waals surface area contributed by atoms with Gasteiger partial charge in [-0.2, -0.15) is 0 Å². The second-order valence-electron chi connectivity index (χ2n) is 3.95. The van der Waals surface area contributed by atoms with Gasteiger partial charge in [-0.15, -0.1) is 0 Å². The van der Waals surface area contributed by atoms with E-state index in [-0.39, 0.29) is 10.6 Å². The molecule has 0 atom stereocenters. The van der Waals surface area contributed by atoms with Gasteiger partial charge in [0, 0.05) is 0 Å². The second kappa shape index (κ2) is 5.60.